The molecule has 2 aromatic carbocycles. The Morgan fingerprint density at radius 2 is 0.791 bits per heavy atom. The van der Waals surface area contributed by atoms with Gasteiger partial charge in [-0.05, 0) is 102 Å². The van der Waals surface area contributed by atoms with Gasteiger partial charge in [-0.1, -0.05) is 95.4 Å². The van der Waals surface area contributed by atoms with Crippen LogP contribution in [0.2, 0.25) is 0 Å². The first-order valence-electron chi connectivity index (χ1n) is 15.9. The van der Waals surface area contributed by atoms with Crippen LogP contribution >= 0.6 is 0 Å². The van der Waals surface area contributed by atoms with Crippen LogP contribution in [0.4, 0.5) is 0 Å². The minimum Gasteiger partial charge on any atom is -0.400 e. The van der Waals surface area contributed by atoms with Crippen LogP contribution in [0.15, 0.2) is 106 Å². The van der Waals surface area contributed by atoms with E-state index < -0.39 is 8.07 Å². The van der Waals surface area contributed by atoms with Gasteiger partial charge in [0.15, 0.2) is 8.07 Å². The first-order chi connectivity index (χ1) is 20.3. The van der Waals surface area contributed by atoms with E-state index in [-0.39, 0.29) is 36.6 Å². The van der Waals surface area contributed by atoms with Crippen LogP contribution in [0.25, 0.3) is 0 Å². The predicted octanol–water partition coefficient (Wildman–Crippen LogP) is 6.88. The van der Waals surface area contributed by atoms with Crippen molar-refractivity contribution in [3.8, 4) is 0 Å². The largest absolute Gasteiger partial charge is 0.490 e. The average molecular weight is 592 g/mol. The van der Waals surface area contributed by atoms with E-state index in [1.54, 1.807) is 0 Å². The normalized spacial score (nSPS) is 24.3. The molecule has 0 unspecified atom stereocenters. The summed E-state index contributed by atoms with van der Waals surface area (Å²) in [7, 11) is -3.13. The Morgan fingerprint density at radius 3 is 1.07 bits per heavy atom. The fourth-order valence-corrected chi connectivity index (χ4v) is 12.1. The van der Waals surface area contributed by atoms with E-state index in [9.17, 15) is 0 Å². The molecular weight excluding hydrogens is 546 g/mol. The van der Waals surface area contributed by atoms with Crippen molar-refractivity contribution >= 4 is 32.7 Å². The average Bonchev–Trinajstić information content (AvgIpc) is 3.34. The van der Waals surface area contributed by atoms with Gasteiger partial charge in [-0.15, -0.1) is 0 Å². The predicted molar refractivity (Wildman–Crippen MR) is 181 cm³/mol. The van der Waals surface area contributed by atoms with Crippen molar-refractivity contribution < 1.29 is 18.6 Å². The third-order valence-corrected chi connectivity index (χ3v) is 16.0. The molecule has 0 aromatic heterocycles. The Kier molecular flexibility index (Phi) is 7.75. The quantitative estimate of drug-likeness (QED) is 0.343. The molecule has 7 heteroatoms. The molecule has 4 nitrogen and oxygen atoms in total. The Bertz CT molecular complexity index is 1340. The van der Waals surface area contributed by atoms with Gasteiger partial charge in [-0.3, -0.25) is 0 Å². The molecule has 43 heavy (non-hydrogen) atoms. The fourth-order valence-electron chi connectivity index (χ4n) is 6.80. The summed E-state index contributed by atoms with van der Waals surface area (Å²) >= 11 is 0. The topological polar surface area (TPSA) is 36.9 Å². The lowest BCUT2D eigenvalue weighted by atomic mass is 9.74. The maximum atomic E-state index is 6.45. The van der Waals surface area contributed by atoms with Crippen LogP contribution < -0.4 is 10.4 Å². The van der Waals surface area contributed by atoms with Crippen molar-refractivity contribution in [2.75, 3.05) is 0 Å². The van der Waals surface area contributed by atoms with Crippen molar-refractivity contribution in [1.29, 1.82) is 0 Å². The van der Waals surface area contributed by atoms with E-state index in [4.69, 9.17) is 18.6 Å². The van der Waals surface area contributed by atoms with Gasteiger partial charge in [0, 0.05) is 0 Å². The minimum atomic E-state index is -2.53. The van der Waals surface area contributed by atoms with Crippen LogP contribution in [0.5, 0.6) is 0 Å². The van der Waals surface area contributed by atoms with Gasteiger partial charge in [-0.25, -0.2) is 0 Å². The van der Waals surface area contributed by atoms with Gasteiger partial charge < -0.3 is 18.6 Å². The van der Waals surface area contributed by atoms with E-state index in [0.29, 0.717) is 0 Å². The molecule has 2 aliphatic heterocycles. The van der Waals surface area contributed by atoms with Crippen LogP contribution in [0, 0.1) is 0 Å². The zero-order valence-corrected chi connectivity index (χ0v) is 28.2. The molecule has 0 bridgehead atoms. The number of hydrogen-bond donors (Lipinski definition) is 0. The van der Waals surface area contributed by atoms with Crippen molar-refractivity contribution in [2.45, 2.75) is 103 Å². The van der Waals surface area contributed by atoms with Crippen molar-refractivity contribution in [3.05, 3.63) is 106 Å². The standard InChI is InChI=1S/C36H46B2O4Si/c1-33(2)34(3,4)40-37(39-33)27-19-23-31(24-20-27)43(29-15-11-9-12-16-29,30-17-13-10-14-18-30)32-25-21-28(22-26-32)38-41-35(5,6)36(7,8)42-38/h9-19,21,23,25H,20,22,24,26H2,1-8H3. The second-order valence-electron chi connectivity index (χ2n) is 14.5. The Labute approximate surface area is 260 Å². The van der Waals surface area contributed by atoms with Crippen LogP contribution in [0.3, 0.4) is 0 Å². The van der Waals surface area contributed by atoms with Crippen LogP contribution in [0.1, 0.15) is 81.1 Å². The number of rotatable bonds is 6. The number of benzene rings is 2. The molecule has 4 aliphatic rings. The summed E-state index contributed by atoms with van der Waals surface area (Å²) in [6.45, 7) is 17.0. The first-order valence-corrected chi connectivity index (χ1v) is 17.9. The van der Waals surface area contributed by atoms with Crippen molar-refractivity contribution in [1.82, 2.24) is 0 Å². The lowest BCUT2D eigenvalue weighted by Crippen LogP contribution is -2.62. The molecule has 0 radical (unpaired) electrons. The maximum Gasteiger partial charge on any atom is 0.490 e. The molecule has 224 valence electrons. The van der Waals surface area contributed by atoms with E-state index >= 15 is 0 Å². The highest BCUT2D eigenvalue weighted by Crippen LogP contribution is 2.43. The smallest absolute Gasteiger partial charge is 0.400 e. The molecule has 0 saturated carbocycles. The molecule has 2 aliphatic carbocycles. The molecule has 0 N–H and O–H groups in total. The van der Waals surface area contributed by atoms with Crippen LogP contribution in [-0.4, -0.2) is 44.7 Å². The molecule has 6 rings (SSSR count). The van der Waals surface area contributed by atoms with Gasteiger partial charge in [-0.2, -0.15) is 0 Å². The van der Waals surface area contributed by atoms with Gasteiger partial charge in [0.2, 0.25) is 0 Å². The second kappa shape index (κ2) is 10.9. The molecule has 2 aromatic rings. The summed E-state index contributed by atoms with van der Waals surface area (Å²) in [6, 6.07) is 22.4. The molecule has 2 fully saturated rings. The lowest BCUT2D eigenvalue weighted by Gasteiger charge is -2.40. The van der Waals surface area contributed by atoms with Gasteiger partial charge in [0.1, 0.15) is 0 Å². The first kappa shape index (κ1) is 30.6. The summed E-state index contributed by atoms with van der Waals surface area (Å²) in [5.74, 6) is 0. The molecule has 0 spiro atoms. The summed E-state index contributed by atoms with van der Waals surface area (Å²) < 4.78 is 25.8. The summed E-state index contributed by atoms with van der Waals surface area (Å²) in [5, 5.41) is 5.92. The zero-order valence-electron chi connectivity index (χ0n) is 27.2. The van der Waals surface area contributed by atoms with E-state index in [1.165, 1.54) is 31.7 Å². The molecule has 2 heterocycles. The van der Waals surface area contributed by atoms with Gasteiger partial charge in [0.05, 0.1) is 22.4 Å². The van der Waals surface area contributed by atoms with Gasteiger partial charge >= 0.3 is 14.2 Å². The van der Waals surface area contributed by atoms with E-state index in [1.807, 2.05) is 0 Å². The third-order valence-electron chi connectivity index (χ3n) is 10.9. The fraction of sp³-hybridized carbons (Fsp3) is 0.444. The monoisotopic (exact) mass is 592 g/mol. The highest BCUT2D eigenvalue weighted by atomic mass is 28.3. The summed E-state index contributed by atoms with van der Waals surface area (Å²) in [5.41, 5.74) is 1.08. The summed E-state index contributed by atoms with van der Waals surface area (Å²) in [6.07, 6.45) is 13.2. The number of hydrogen-bond acceptors (Lipinski definition) is 4. The molecule has 0 amide bonds. The Morgan fingerprint density at radius 1 is 0.465 bits per heavy atom. The van der Waals surface area contributed by atoms with Crippen LogP contribution in [-0.2, 0) is 18.6 Å². The third kappa shape index (κ3) is 5.21. The second-order valence-corrected chi connectivity index (χ2v) is 18.5. The van der Waals surface area contributed by atoms with E-state index in [2.05, 4.69) is 140 Å². The molecular formula is C36H46B2O4Si. The highest BCUT2D eigenvalue weighted by Gasteiger charge is 2.54. The Balaban J connectivity index is 1.44. The molecule has 0 atom stereocenters. The highest BCUT2D eigenvalue weighted by molar-refractivity contribution is 7.12. The van der Waals surface area contributed by atoms with E-state index in [0.717, 1.165) is 25.7 Å². The van der Waals surface area contributed by atoms with Gasteiger partial charge in [0.25, 0.3) is 0 Å². The maximum absolute atomic E-state index is 6.45. The zero-order chi connectivity index (χ0) is 30.7. The molecule has 2 saturated heterocycles. The van der Waals surface area contributed by atoms with Crippen molar-refractivity contribution in [3.63, 3.8) is 0 Å². The number of allylic oxidation sites excluding steroid dienone is 8. The lowest BCUT2D eigenvalue weighted by molar-refractivity contribution is 0.00578. The Hall–Kier alpha value is -2.41. The summed E-state index contributed by atoms with van der Waals surface area (Å²) in [4.78, 5) is 0. The SMILES string of the molecule is CC1(C)OB(C2=CC=C([Si](C3=CC=C(B4OC(C)(C)C(C)(C)O4)CC3)(c3ccccc3)c3ccccc3)CC2)OC1(C)C. The van der Waals surface area contributed by atoms with Crippen molar-refractivity contribution in [2.24, 2.45) is 0 Å². The minimum absolute atomic E-state index is 0.299.